The van der Waals surface area contributed by atoms with Crippen molar-refractivity contribution in [2.75, 3.05) is 12.0 Å². The molecule has 1 aliphatic rings. The summed E-state index contributed by atoms with van der Waals surface area (Å²) >= 11 is 0. The molecule has 0 N–H and O–H groups in total. The van der Waals surface area contributed by atoms with Crippen LogP contribution in [0.15, 0.2) is 59.0 Å². The van der Waals surface area contributed by atoms with Gasteiger partial charge < -0.3 is 24.0 Å². The Morgan fingerprint density at radius 1 is 1.20 bits per heavy atom. The van der Waals surface area contributed by atoms with E-state index in [4.69, 9.17) is 9.15 Å². The number of hydrogen-bond donors (Lipinski definition) is 0. The number of methoxy groups -OCH3 is 1. The number of aromatic nitrogens is 1. The van der Waals surface area contributed by atoms with Gasteiger partial charge in [-0.2, -0.15) is 0 Å². The van der Waals surface area contributed by atoms with E-state index < -0.39 is 28.7 Å². The molecule has 0 aliphatic carbocycles. The number of carbonyl (C=O) groups excluding carboxylic acids is 2. The zero-order chi connectivity index (χ0) is 21.3. The lowest BCUT2D eigenvalue weighted by Gasteiger charge is -2.30. The number of ether oxygens (including phenoxy) is 2. The van der Waals surface area contributed by atoms with Crippen LogP contribution in [0.3, 0.4) is 0 Å². The second-order valence-corrected chi connectivity index (χ2v) is 6.34. The molecule has 0 saturated carbocycles. The number of nitrogens with zero attached hydrogens (tertiary/aromatic N) is 3. The number of fused-ring (bicyclic) bond motifs is 1. The maximum Gasteiger partial charge on any atom is 0.373 e. The molecule has 1 atom stereocenters. The molecular formula is C20H15N3O7. The summed E-state index contributed by atoms with van der Waals surface area (Å²) in [6.45, 7) is -0.107. The fourth-order valence-corrected chi connectivity index (χ4v) is 3.06. The van der Waals surface area contributed by atoms with Crippen molar-refractivity contribution in [3.8, 4) is 5.75 Å². The summed E-state index contributed by atoms with van der Waals surface area (Å²) in [5.41, 5.74) is 0.617. The van der Waals surface area contributed by atoms with Crippen LogP contribution < -0.4 is 9.64 Å². The molecule has 0 radical (unpaired) electrons. The van der Waals surface area contributed by atoms with Gasteiger partial charge in [0.15, 0.2) is 5.75 Å². The predicted octanol–water partition coefficient (Wildman–Crippen LogP) is 3.04. The van der Waals surface area contributed by atoms with E-state index in [1.165, 1.54) is 36.3 Å². The van der Waals surface area contributed by atoms with Gasteiger partial charge in [0.2, 0.25) is 11.9 Å². The van der Waals surface area contributed by atoms with Crippen LogP contribution >= 0.6 is 0 Å². The Balaban J connectivity index is 1.74. The first-order valence-corrected chi connectivity index (χ1v) is 8.83. The Hall–Kier alpha value is -4.21. The van der Waals surface area contributed by atoms with Gasteiger partial charge in [-0.3, -0.25) is 9.69 Å². The van der Waals surface area contributed by atoms with Crippen molar-refractivity contribution in [1.82, 2.24) is 4.98 Å². The molecule has 10 nitrogen and oxygen atoms in total. The Labute approximate surface area is 169 Å². The van der Waals surface area contributed by atoms with Gasteiger partial charge in [0, 0.05) is 11.6 Å². The third-order valence-electron chi connectivity index (χ3n) is 4.47. The second kappa shape index (κ2) is 7.66. The molecule has 2 aromatic heterocycles. The number of amides is 1. The topological polar surface area (TPSA) is 125 Å². The van der Waals surface area contributed by atoms with E-state index in [1.807, 2.05) is 6.07 Å². The average molecular weight is 409 g/mol. The number of benzene rings is 1. The van der Waals surface area contributed by atoms with Crippen LogP contribution in [0, 0.1) is 10.1 Å². The minimum atomic E-state index is -0.961. The van der Waals surface area contributed by atoms with E-state index in [-0.39, 0.29) is 29.6 Å². The molecule has 0 fully saturated rings. The number of furan rings is 1. The molecule has 3 heterocycles. The lowest BCUT2D eigenvalue weighted by atomic mass is 10.1. The van der Waals surface area contributed by atoms with Gasteiger partial charge in [0.05, 0.1) is 13.7 Å². The van der Waals surface area contributed by atoms with Gasteiger partial charge in [0.25, 0.3) is 11.7 Å². The van der Waals surface area contributed by atoms with Crippen LogP contribution in [0.25, 0.3) is 0 Å². The summed E-state index contributed by atoms with van der Waals surface area (Å²) in [6, 6.07) is 14.4. The molecule has 30 heavy (non-hydrogen) atoms. The van der Waals surface area contributed by atoms with Crippen molar-refractivity contribution in [2.24, 2.45) is 0 Å². The molecule has 10 heteroatoms. The lowest BCUT2D eigenvalue weighted by molar-refractivity contribution is -0.389. The molecule has 3 aromatic rings. The van der Waals surface area contributed by atoms with Gasteiger partial charge >= 0.3 is 11.8 Å². The minimum Gasteiger partial charge on any atom is -0.469 e. The highest BCUT2D eigenvalue weighted by Gasteiger charge is 2.40. The summed E-state index contributed by atoms with van der Waals surface area (Å²) in [7, 11) is 1.22. The molecule has 1 aliphatic heterocycles. The van der Waals surface area contributed by atoms with Crippen LogP contribution in [-0.4, -0.2) is 28.9 Å². The Morgan fingerprint density at radius 3 is 2.67 bits per heavy atom. The first kappa shape index (κ1) is 19.1. The van der Waals surface area contributed by atoms with Crippen molar-refractivity contribution in [3.05, 3.63) is 81.8 Å². The molecule has 1 unspecified atom stereocenters. The van der Waals surface area contributed by atoms with E-state index in [1.54, 1.807) is 24.3 Å². The van der Waals surface area contributed by atoms with Crippen molar-refractivity contribution >= 4 is 23.5 Å². The summed E-state index contributed by atoms with van der Waals surface area (Å²) in [5, 5.41) is 11.2. The van der Waals surface area contributed by atoms with Gasteiger partial charge in [-0.15, -0.1) is 0 Å². The average Bonchev–Trinajstić information content (AvgIpc) is 3.24. The van der Waals surface area contributed by atoms with E-state index in [0.29, 0.717) is 5.56 Å². The predicted molar refractivity (Wildman–Crippen MR) is 102 cm³/mol. The van der Waals surface area contributed by atoms with Crippen LogP contribution in [0.4, 0.5) is 11.6 Å². The van der Waals surface area contributed by atoms with Gasteiger partial charge in [-0.25, -0.2) is 4.79 Å². The highest BCUT2D eigenvalue weighted by atomic mass is 16.6. The SMILES string of the molecule is COC(=O)c1ccc(CN2C(=O)C(c3ccccc3)Oc3ccc([N+](=O)[O-])nc32)o1. The van der Waals surface area contributed by atoms with Gasteiger partial charge in [-0.1, -0.05) is 30.3 Å². The van der Waals surface area contributed by atoms with Crippen molar-refractivity contribution in [2.45, 2.75) is 12.6 Å². The van der Waals surface area contributed by atoms with Gasteiger partial charge in [-0.05, 0) is 28.1 Å². The largest absolute Gasteiger partial charge is 0.469 e. The molecule has 1 aromatic carbocycles. The van der Waals surface area contributed by atoms with Crippen LogP contribution in [0.1, 0.15) is 28.0 Å². The summed E-state index contributed by atoms with van der Waals surface area (Å²) in [6.07, 6.45) is -0.961. The molecule has 1 amide bonds. The summed E-state index contributed by atoms with van der Waals surface area (Å²) < 4.78 is 15.9. The van der Waals surface area contributed by atoms with Crippen molar-refractivity contribution in [1.29, 1.82) is 0 Å². The molecule has 0 bridgehead atoms. The normalized spacial score (nSPS) is 15.3. The van der Waals surface area contributed by atoms with Crippen LogP contribution in [0.5, 0.6) is 5.75 Å². The van der Waals surface area contributed by atoms with E-state index in [0.717, 1.165) is 0 Å². The Kier molecular flexibility index (Phi) is 4.88. The monoisotopic (exact) mass is 409 g/mol. The number of carbonyl (C=O) groups is 2. The highest BCUT2D eigenvalue weighted by Crippen LogP contribution is 2.39. The molecular weight excluding hydrogens is 394 g/mol. The van der Waals surface area contributed by atoms with Gasteiger partial charge in [0.1, 0.15) is 5.76 Å². The first-order valence-electron chi connectivity index (χ1n) is 8.83. The number of hydrogen-bond acceptors (Lipinski definition) is 8. The maximum atomic E-state index is 13.2. The molecule has 4 rings (SSSR count). The third kappa shape index (κ3) is 3.46. The van der Waals surface area contributed by atoms with E-state index in [9.17, 15) is 19.7 Å². The number of anilines is 1. The number of esters is 1. The number of rotatable bonds is 5. The minimum absolute atomic E-state index is 0.00241. The molecule has 0 saturated heterocycles. The zero-order valence-corrected chi connectivity index (χ0v) is 15.7. The summed E-state index contributed by atoms with van der Waals surface area (Å²) in [5.74, 6) is -1.10. The highest BCUT2D eigenvalue weighted by molar-refractivity contribution is 5.99. The Bertz CT molecular complexity index is 1130. The number of nitro groups is 1. The van der Waals surface area contributed by atoms with Crippen molar-refractivity contribution in [3.63, 3.8) is 0 Å². The lowest BCUT2D eigenvalue weighted by Crippen LogP contribution is -2.41. The standard InChI is InChI=1S/C20H15N3O7/c1-28-20(25)15-8-7-13(29-15)11-22-18-14(9-10-16(21-18)23(26)27)30-17(19(22)24)12-5-3-2-4-6-12/h2-10,17H,11H2,1H3. The Morgan fingerprint density at radius 2 is 1.97 bits per heavy atom. The third-order valence-corrected chi connectivity index (χ3v) is 4.47. The molecule has 152 valence electrons. The first-order chi connectivity index (χ1) is 14.5. The fourth-order valence-electron chi connectivity index (χ4n) is 3.06. The quantitative estimate of drug-likeness (QED) is 0.358. The van der Waals surface area contributed by atoms with Crippen LogP contribution in [0.2, 0.25) is 0 Å². The molecule has 0 spiro atoms. The summed E-state index contributed by atoms with van der Waals surface area (Å²) in [4.78, 5) is 40.6. The van der Waals surface area contributed by atoms with Crippen LogP contribution in [-0.2, 0) is 16.1 Å². The zero-order valence-electron chi connectivity index (χ0n) is 15.7. The maximum absolute atomic E-state index is 13.2. The van der Waals surface area contributed by atoms with E-state index in [2.05, 4.69) is 9.72 Å². The fraction of sp³-hybridized carbons (Fsp3) is 0.150. The smallest absolute Gasteiger partial charge is 0.373 e. The second-order valence-electron chi connectivity index (χ2n) is 6.34. The van der Waals surface area contributed by atoms with Crippen molar-refractivity contribution < 1.29 is 28.4 Å². The van der Waals surface area contributed by atoms with E-state index >= 15 is 0 Å². The number of pyridine rings is 1.